The third-order valence-corrected chi connectivity index (χ3v) is 3.57. The Bertz CT molecular complexity index is 587. The molecule has 0 aromatic heterocycles. The van der Waals surface area contributed by atoms with Crippen LogP contribution in [0.25, 0.3) is 0 Å². The smallest absolute Gasteiger partial charge is 0.224 e. The molecular weight excluding hydrogens is 321 g/mol. The Balaban J connectivity index is 2.90. The topological polar surface area (TPSA) is 40.6 Å². The molecule has 1 aromatic rings. The Morgan fingerprint density at radius 2 is 1.54 bits per heavy atom. The van der Waals surface area contributed by atoms with Gasteiger partial charge in [-0.3, -0.25) is 9.59 Å². The van der Waals surface area contributed by atoms with Gasteiger partial charge in [-0.2, -0.15) is 0 Å². The Morgan fingerprint density at radius 3 is 2.04 bits per heavy atom. The van der Waals surface area contributed by atoms with Crippen molar-refractivity contribution >= 4 is 17.5 Å². The number of halogens is 3. The van der Waals surface area contributed by atoms with E-state index in [2.05, 4.69) is 0 Å². The largest absolute Gasteiger partial charge is 0.343 e. The van der Waals surface area contributed by atoms with Gasteiger partial charge in [0.05, 0.1) is 5.69 Å². The normalized spacial score (nSPS) is 10.6. The standard InChI is InChI=1S/C17H23F3N2O2/c1-4-9-21(10-5-2)15(24)8-11-22(12(3)23)14-7-6-13(18)16(19)17(14)20/h6-7H,4-5,8-11H2,1-3H3. The molecule has 134 valence electrons. The minimum absolute atomic E-state index is 0.0159. The van der Waals surface area contributed by atoms with Crippen LogP contribution in [-0.2, 0) is 9.59 Å². The van der Waals surface area contributed by atoms with Crippen LogP contribution >= 0.6 is 0 Å². The molecule has 0 spiro atoms. The number of carbonyl (C=O) groups is 2. The first-order chi connectivity index (χ1) is 11.3. The molecule has 0 aliphatic rings. The number of benzene rings is 1. The number of rotatable bonds is 8. The molecule has 1 aromatic carbocycles. The zero-order chi connectivity index (χ0) is 18.3. The highest BCUT2D eigenvalue weighted by Crippen LogP contribution is 2.24. The van der Waals surface area contributed by atoms with E-state index in [-0.39, 0.29) is 24.6 Å². The van der Waals surface area contributed by atoms with Gasteiger partial charge < -0.3 is 9.80 Å². The summed E-state index contributed by atoms with van der Waals surface area (Å²) in [7, 11) is 0. The number of anilines is 1. The van der Waals surface area contributed by atoms with Crippen LogP contribution in [0.5, 0.6) is 0 Å². The average molecular weight is 344 g/mol. The quantitative estimate of drug-likeness (QED) is 0.677. The van der Waals surface area contributed by atoms with Crippen LogP contribution < -0.4 is 4.90 Å². The van der Waals surface area contributed by atoms with Gasteiger partial charge in [-0.15, -0.1) is 0 Å². The van der Waals surface area contributed by atoms with E-state index in [4.69, 9.17) is 0 Å². The number of carbonyl (C=O) groups excluding carboxylic acids is 2. The van der Waals surface area contributed by atoms with E-state index in [1.807, 2.05) is 13.8 Å². The van der Waals surface area contributed by atoms with Crippen molar-refractivity contribution in [2.45, 2.75) is 40.0 Å². The highest BCUT2D eigenvalue weighted by Gasteiger charge is 2.22. The number of amides is 2. The van der Waals surface area contributed by atoms with Crippen molar-refractivity contribution < 1.29 is 22.8 Å². The van der Waals surface area contributed by atoms with Gasteiger partial charge in [0.25, 0.3) is 0 Å². The summed E-state index contributed by atoms with van der Waals surface area (Å²) in [4.78, 5) is 26.6. The van der Waals surface area contributed by atoms with Gasteiger partial charge in [-0.05, 0) is 25.0 Å². The molecule has 0 fully saturated rings. The van der Waals surface area contributed by atoms with Crippen LogP contribution in [0.2, 0.25) is 0 Å². The highest BCUT2D eigenvalue weighted by atomic mass is 19.2. The molecule has 0 bridgehead atoms. The van der Waals surface area contributed by atoms with Crippen molar-refractivity contribution in [2.75, 3.05) is 24.5 Å². The lowest BCUT2D eigenvalue weighted by Crippen LogP contribution is -2.37. The third-order valence-electron chi connectivity index (χ3n) is 3.57. The molecule has 4 nitrogen and oxygen atoms in total. The van der Waals surface area contributed by atoms with E-state index in [1.54, 1.807) is 4.90 Å². The summed E-state index contributed by atoms with van der Waals surface area (Å²) in [6, 6.07) is 1.75. The van der Waals surface area contributed by atoms with Gasteiger partial charge in [-0.25, -0.2) is 13.2 Å². The van der Waals surface area contributed by atoms with E-state index in [1.165, 1.54) is 6.92 Å². The van der Waals surface area contributed by atoms with Gasteiger partial charge in [0.1, 0.15) is 0 Å². The van der Waals surface area contributed by atoms with Crippen LogP contribution in [-0.4, -0.2) is 36.3 Å². The molecule has 7 heteroatoms. The van der Waals surface area contributed by atoms with Crippen molar-refractivity contribution in [3.63, 3.8) is 0 Å². The van der Waals surface area contributed by atoms with Crippen molar-refractivity contribution in [1.29, 1.82) is 0 Å². The maximum absolute atomic E-state index is 13.9. The fraction of sp³-hybridized carbons (Fsp3) is 0.529. The molecule has 0 saturated carbocycles. The molecule has 2 amide bonds. The maximum atomic E-state index is 13.9. The third kappa shape index (κ3) is 4.97. The maximum Gasteiger partial charge on any atom is 0.224 e. The summed E-state index contributed by atoms with van der Waals surface area (Å²) in [5.41, 5.74) is -0.369. The summed E-state index contributed by atoms with van der Waals surface area (Å²) in [6.07, 6.45) is 1.60. The van der Waals surface area contributed by atoms with Crippen LogP contribution in [0.1, 0.15) is 40.0 Å². The van der Waals surface area contributed by atoms with Gasteiger partial charge in [-0.1, -0.05) is 13.8 Å². The van der Waals surface area contributed by atoms with Gasteiger partial charge in [0, 0.05) is 33.0 Å². The minimum Gasteiger partial charge on any atom is -0.343 e. The summed E-state index contributed by atoms with van der Waals surface area (Å²) in [5.74, 6) is -5.11. The zero-order valence-corrected chi connectivity index (χ0v) is 14.2. The zero-order valence-electron chi connectivity index (χ0n) is 14.2. The van der Waals surface area contributed by atoms with Crippen LogP contribution in [0.4, 0.5) is 18.9 Å². The van der Waals surface area contributed by atoms with Crippen molar-refractivity contribution in [2.24, 2.45) is 0 Å². The van der Waals surface area contributed by atoms with Gasteiger partial charge in [0.2, 0.25) is 11.8 Å². The Hall–Kier alpha value is -2.05. The summed E-state index contributed by atoms with van der Waals surface area (Å²) in [5, 5.41) is 0. The number of hydrogen-bond donors (Lipinski definition) is 0. The van der Waals surface area contributed by atoms with Gasteiger partial charge in [0.15, 0.2) is 17.5 Å². The van der Waals surface area contributed by atoms with Crippen LogP contribution in [0, 0.1) is 17.5 Å². The minimum atomic E-state index is -1.64. The average Bonchev–Trinajstić information content (AvgIpc) is 2.54. The Morgan fingerprint density at radius 1 is 0.958 bits per heavy atom. The second-order valence-electron chi connectivity index (χ2n) is 5.50. The lowest BCUT2D eigenvalue weighted by atomic mass is 10.2. The molecule has 0 N–H and O–H groups in total. The first kappa shape index (κ1) is 20.0. The van der Waals surface area contributed by atoms with Gasteiger partial charge >= 0.3 is 0 Å². The monoisotopic (exact) mass is 344 g/mol. The van der Waals surface area contributed by atoms with E-state index < -0.39 is 23.4 Å². The molecule has 0 unspecified atom stereocenters. The molecule has 0 saturated heterocycles. The predicted octanol–water partition coefficient (Wildman–Crippen LogP) is 3.50. The molecule has 0 atom stereocenters. The van der Waals surface area contributed by atoms with Crippen molar-refractivity contribution in [1.82, 2.24) is 4.90 Å². The SMILES string of the molecule is CCCN(CCC)C(=O)CCN(C(C)=O)c1ccc(F)c(F)c1F. The highest BCUT2D eigenvalue weighted by molar-refractivity contribution is 5.92. The lowest BCUT2D eigenvalue weighted by Gasteiger charge is -2.25. The predicted molar refractivity (Wildman–Crippen MR) is 86.1 cm³/mol. The van der Waals surface area contributed by atoms with E-state index in [0.29, 0.717) is 13.1 Å². The van der Waals surface area contributed by atoms with Crippen molar-refractivity contribution in [3.8, 4) is 0 Å². The fourth-order valence-corrected chi connectivity index (χ4v) is 2.44. The first-order valence-electron chi connectivity index (χ1n) is 8.02. The summed E-state index contributed by atoms with van der Waals surface area (Å²) in [6.45, 7) is 6.20. The van der Waals surface area contributed by atoms with Crippen LogP contribution in [0.15, 0.2) is 12.1 Å². The molecule has 0 radical (unpaired) electrons. The number of hydrogen-bond acceptors (Lipinski definition) is 2. The Labute approximate surface area is 140 Å². The second kappa shape index (κ2) is 9.30. The first-order valence-corrected chi connectivity index (χ1v) is 8.02. The number of nitrogens with zero attached hydrogens (tertiary/aromatic N) is 2. The summed E-state index contributed by atoms with van der Waals surface area (Å²) < 4.78 is 40.3. The lowest BCUT2D eigenvalue weighted by molar-refractivity contribution is -0.131. The molecule has 0 aliphatic carbocycles. The molecule has 1 rings (SSSR count). The molecular formula is C17H23F3N2O2. The fourth-order valence-electron chi connectivity index (χ4n) is 2.44. The van der Waals surface area contributed by atoms with E-state index in [0.717, 1.165) is 29.9 Å². The van der Waals surface area contributed by atoms with E-state index in [9.17, 15) is 22.8 Å². The molecule has 24 heavy (non-hydrogen) atoms. The van der Waals surface area contributed by atoms with E-state index >= 15 is 0 Å². The van der Waals surface area contributed by atoms with Crippen molar-refractivity contribution in [3.05, 3.63) is 29.6 Å². The molecule has 0 aliphatic heterocycles. The Kier molecular flexibility index (Phi) is 7.74. The summed E-state index contributed by atoms with van der Waals surface area (Å²) >= 11 is 0. The molecule has 0 heterocycles. The second-order valence-corrected chi connectivity index (χ2v) is 5.50. The van der Waals surface area contributed by atoms with Crippen LogP contribution in [0.3, 0.4) is 0 Å².